The Balaban J connectivity index is 1.95. The molecule has 5 nitrogen and oxygen atoms in total. The molecule has 0 saturated carbocycles. The minimum atomic E-state index is -4.96. The number of hydrogen-bond acceptors (Lipinski definition) is 2. The minimum absolute atomic E-state index is 0.0490. The summed E-state index contributed by atoms with van der Waals surface area (Å²) in [7, 11) is 0. The normalized spacial score (nSPS) is 17.8. The van der Waals surface area contributed by atoms with Gasteiger partial charge in [-0.25, -0.2) is 4.79 Å². The minimum Gasteiger partial charge on any atom is -0.344 e. The number of amides is 3. The lowest BCUT2D eigenvalue weighted by molar-refractivity contribution is -0.174. The zero-order chi connectivity index (χ0) is 18.1. The van der Waals surface area contributed by atoms with Crippen LogP contribution in [0.15, 0.2) is 12.1 Å². The Bertz CT molecular complexity index is 670. The van der Waals surface area contributed by atoms with Gasteiger partial charge in [0, 0.05) is 19.1 Å². The Kier molecular flexibility index (Phi) is 5.72. The van der Waals surface area contributed by atoms with Crippen molar-refractivity contribution >= 4 is 52.4 Å². The van der Waals surface area contributed by atoms with E-state index in [1.807, 2.05) is 5.32 Å². The monoisotopic (exact) mass is 403 g/mol. The maximum Gasteiger partial charge on any atom is 0.471 e. The fraction of sp³-hybridized carbons (Fsp3) is 0.385. The standard InChI is InChI=1S/C13H11Cl3F3N3O2/c14-7-3-9(16)10(4-8(7)15)21-12(24)22-2-1-6(5-22)20-11(23)13(17,18)19/h3-4,6H,1-2,5H2,(H,20,23)(H,21,24). The molecule has 2 N–H and O–H groups in total. The van der Waals surface area contributed by atoms with E-state index in [-0.39, 0.29) is 40.3 Å². The number of hydrogen-bond donors (Lipinski definition) is 2. The second-order valence-electron chi connectivity index (χ2n) is 5.08. The molecular formula is C13H11Cl3F3N3O2. The molecule has 24 heavy (non-hydrogen) atoms. The third kappa shape index (κ3) is 4.58. The number of carbonyl (C=O) groups is 2. The Morgan fingerprint density at radius 1 is 1.12 bits per heavy atom. The van der Waals surface area contributed by atoms with Crippen LogP contribution in [0.1, 0.15) is 6.42 Å². The van der Waals surface area contributed by atoms with Crippen molar-refractivity contribution in [2.45, 2.75) is 18.6 Å². The summed E-state index contributed by atoms with van der Waals surface area (Å²) >= 11 is 17.6. The number of likely N-dealkylation sites (tertiary alicyclic amines) is 1. The lowest BCUT2D eigenvalue weighted by atomic mass is 10.2. The van der Waals surface area contributed by atoms with E-state index in [1.165, 1.54) is 17.0 Å². The molecule has 0 bridgehead atoms. The summed E-state index contributed by atoms with van der Waals surface area (Å²) < 4.78 is 36.7. The molecule has 0 aromatic heterocycles. The average molecular weight is 405 g/mol. The molecule has 1 aromatic carbocycles. The largest absolute Gasteiger partial charge is 0.471 e. The predicted octanol–water partition coefficient (Wildman–Crippen LogP) is 3.93. The molecular weight excluding hydrogens is 394 g/mol. The zero-order valence-corrected chi connectivity index (χ0v) is 14.2. The highest BCUT2D eigenvalue weighted by Gasteiger charge is 2.41. The van der Waals surface area contributed by atoms with Gasteiger partial charge in [-0.1, -0.05) is 34.8 Å². The topological polar surface area (TPSA) is 61.4 Å². The smallest absolute Gasteiger partial charge is 0.344 e. The third-order valence-corrected chi connectivity index (χ3v) is 4.35. The molecule has 3 amide bonds. The highest BCUT2D eigenvalue weighted by atomic mass is 35.5. The number of carbonyl (C=O) groups excluding carboxylic acids is 2. The molecule has 0 aliphatic carbocycles. The van der Waals surface area contributed by atoms with E-state index >= 15 is 0 Å². The summed E-state index contributed by atoms with van der Waals surface area (Å²) in [4.78, 5) is 24.3. The molecule has 1 unspecified atom stereocenters. The van der Waals surface area contributed by atoms with Gasteiger partial charge >= 0.3 is 18.1 Å². The quantitative estimate of drug-likeness (QED) is 0.734. The highest BCUT2D eigenvalue weighted by molar-refractivity contribution is 6.44. The van der Waals surface area contributed by atoms with Crippen molar-refractivity contribution < 1.29 is 22.8 Å². The molecule has 1 aliphatic heterocycles. The second-order valence-corrected chi connectivity index (χ2v) is 6.30. The lowest BCUT2D eigenvalue weighted by Crippen LogP contribution is -2.45. The molecule has 11 heteroatoms. The molecule has 0 spiro atoms. The van der Waals surface area contributed by atoms with Crippen LogP contribution in [0.2, 0.25) is 15.1 Å². The maximum atomic E-state index is 12.2. The summed E-state index contributed by atoms with van der Waals surface area (Å²) in [5, 5.41) is 4.92. The van der Waals surface area contributed by atoms with Crippen LogP contribution in [0.3, 0.4) is 0 Å². The summed E-state index contributed by atoms with van der Waals surface area (Å²) in [6.07, 6.45) is -4.74. The number of benzene rings is 1. The predicted molar refractivity (Wildman–Crippen MR) is 84.7 cm³/mol. The molecule has 1 fully saturated rings. The van der Waals surface area contributed by atoms with Crippen molar-refractivity contribution in [2.75, 3.05) is 18.4 Å². The van der Waals surface area contributed by atoms with Gasteiger partial charge in [-0.2, -0.15) is 13.2 Å². The van der Waals surface area contributed by atoms with Crippen LogP contribution in [-0.4, -0.2) is 42.1 Å². The van der Waals surface area contributed by atoms with Crippen LogP contribution in [0.25, 0.3) is 0 Å². The Morgan fingerprint density at radius 2 is 1.75 bits per heavy atom. The Labute approximate surface area is 150 Å². The number of anilines is 1. The number of halogens is 6. The van der Waals surface area contributed by atoms with E-state index in [9.17, 15) is 22.8 Å². The van der Waals surface area contributed by atoms with E-state index in [4.69, 9.17) is 34.8 Å². The third-order valence-electron chi connectivity index (χ3n) is 3.32. The van der Waals surface area contributed by atoms with Crippen molar-refractivity contribution in [1.82, 2.24) is 10.2 Å². The first-order valence-corrected chi connectivity index (χ1v) is 7.79. The first kappa shape index (κ1) is 19.0. The summed E-state index contributed by atoms with van der Waals surface area (Å²) in [5.74, 6) is -2.03. The first-order valence-electron chi connectivity index (χ1n) is 6.66. The lowest BCUT2D eigenvalue weighted by Gasteiger charge is -2.19. The first-order chi connectivity index (χ1) is 11.1. The van der Waals surface area contributed by atoms with Crippen LogP contribution in [0, 0.1) is 0 Å². The number of nitrogens with zero attached hydrogens (tertiary/aromatic N) is 1. The Hall–Kier alpha value is -1.38. The molecule has 0 radical (unpaired) electrons. The van der Waals surface area contributed by atoms with Crippen molar-refractivity contribution in [3.05, 3.63) is 27.2 Å². The second kappa shape index (κ2) is 7.25. The Morgan fingerprint density at radius 3 is 2.38 bits per heavy atom. The zero-order valence-electron chi connectivity index (χ0n) is 11.9. The van der Waals surface area contributed by atoms with Crippen LogP contribution >= 0.6 is 34.8 Å². The number of alkyl halides is 3. The van der Waals surface area contributed by atoms with E-state index < -0.39 is 24.2 Å². The van der Waals surface area contributed by atoms with Crippen LogP contribution in [0.4, 0.5) is 23.7 Å². The number of nitrogens with one attached hydrogen (secondary N) is 2. The van der Waals surface area contributed by atoms with Crippen molar-refractivity contribution in [3.8, 4) is 0 Å². The molecule has 1 aromatic rings. The van der Waals surface area contributed by atoms with Crippen LogP contribution in [0.5, 0.6) is 0 Å². The molecule has 132 valence electrons. The summed E-state index contributed by atoms with van der Waals surface area (Å²) in [6, 6.07) is 1.38. The molecule has 1 heterocycles. The van der Waals surface area contributed by atoms with Gasteiger partial charge in [0.1, 0.15) is 0 Å². The van der Waals surface area contributed by atoms with Gasteiger partial charge in [-0.05, 0) is 18.6 Å². The van der Waals surface area contributed by atoms with E-state index in [0.29, 0.717) is 0 Å². The highest BCUT2D eigenvalue weighted by Crippen LogP contribution is 2.32. The van der Waals surface area contributed by atoms with Crippen LogP contribution < -0.4 is 10.6 Å². The maximum absolute atomic E-state index is 12.2. The van der Waals surface area contributed by atoms with E-state index in [1.54, 1.807) is 0 Å². The SMILES string of the molecule is O=C(Nc1cc(Cl)c(Cl)cc1Cl)N1CCC(NC(=O)C(F)(F)F)C1. The molecule has 2 rings (SSSR count). The molecule has 1 aliphatic rings. The fourth-order valence-corrected chi connectivity index (χ4v) is 2.74. The summed E-state index contributed by atoms with van der Waals surface area (Å²) in [6.45, 7) is 0.139. The molecule has 1 saturated heterocycles. The van der Waals surface area contributed by atoms with Gasteiger partial charge in [0.25, 0.3) is 0 Å². The van der Waals surface area contributed by atoms with E-state index in [0.717, 1.165) is 0 Å². The average Bonchev–Trinajstić information content (AvgIpc) is 2.92. The van der Waals surface area contributed by atoms with Crippen molar-refractivity contribution in [3.63, 3.8) is 0 Å². The van der Waals surface area contributed by atoms with Gasteiger partial charge in [0.2, 0.25) is 0 Å². The fourth-order valence-electron chi connectivity index (χ4n) is 2.14. The van der Waals surface area contributed by atoms with Gasteiger partial charge in [-0.3, -0.25) is 4.79 Å². The van der Waals surface area contributed by atoms with Gasteiger partial charge in [0.15, 0.2) is 0 Å². The summed E-state index contributed by atoms with van der Waals surface area (Å²) in [5.41, 5.74) is 0.221. The van der Waals surface area contributed by atoms with Gasteiger partial charge in [0.05, 0.1) is 20.8 Å². The van der Waals surface area contributed by atoms with Gasteiger partial charge in [-0.15, -0.1) is 0 Å². The molecule has 1 atom stereocenters. The van der Waals surface area contributed by atoms with Gasteiger partial charge < -0.3 is 15.5 Å². The number of rotatable bonds is 2. The van der Waals surface area contributed by atoms with E-state index in [2.05, 4.69) is 5.32 Å². The van der Waals surface area contributed by atoms with Crippen molar-refractivity contribution in [2.24, 2.45) is 0 Å². The van der Waals surface area contributed by atoms with Crippen molar-refractivity contribution in [1.29, 1.82) is 0 Å². The van der Waals surface area contributed by atoms with Crippen LogP contribution in [-0.2, 0) is 4.79 Å². The number of urea groups is 1.